The van der Waals surface area contributed by atoms with E-state index in [1.165, 1.54) is 6.07 Å². The van der Waals surface area contributed by atoms with Crippen molar-refractivity contribution in [2.75, 3.05) is 5.32 Å². The third-order valence-electron chi connectivity index (χ3n) is 4.86. The number of hydrogen-bond donors (Lipinski definition) is 1. The Kier molecular flexibility index (Phi) is 6.36. The van der Waals surface area contributed by atoms with Crippen molar-refractivity contribution in [1.82, 2.24) is 14.8 Å². The Labute approximate surface area is 187 Å². The summed E-state index contributed by atoms with van der Waals surface area (Å²) in [5.41, 5.74) is 1.36. The van der Waals surface area contributed by atoms with Gasteiger partial charge in [0.1, 0.15) is 23.1 Å². The Morgan fingerprint density at radius 2 is 1.81 bits per heavy atom. The molecule has 0 spiro atoms. The summed E-state index contributed by atoms with van der Waals surface area (Å²) in [4.78, 5) is 12.6. The predicted molar refractivity (Wildman–Crippen MR) is 118 cm³/mol. The molecule has 6 nitrogen and oxygen atoms in total. The number of amides is 1. The van der Waals surface area contributed by atoms with Gasteiger partial charge in [-0.15, -0.1) is 10.2 Å². The third kappa shape index (κ3) is 4.57. The summed E-state index contributed by atoms with van der Waals surface area (Å²) in [7, 11) is 0. The number of para-hydroxylation sites is 1. The molecule has 1 N–H and O–H groups in total. The van der Waals surface area contributed by atoms with Gasteiger partial charge in [0.25, 0.3) is 0 Å². The van der Waals surface area contributed by atoms with Crippen molar-refractivity contribution in [3.63, 3.8) is 0 Å². The van der Waals surface area contributed by atoms with Crippen molar-refractivity contribution in [1.29, 1.82) is 0 Å². The molecule has 1 amide bonds. The Morgan fingerprint density at radius 3 is 2.47 bits per heavy atom. The van der Waals surface area contributed by atoms with Gasteiger partial charge < -0.3 is 9.73 Å². The number of rotatable bonds is 7. The molecule has 0 fully saturated rings. The highest BCUT2D eigenvalue weighted by Gasteiger charge is 2.23. The number of carbonyl (C=O) groups excluding carboxylic acids is 1. The molecule has 2 aromatic carbocycles. The van der Waals surface area contributed by atoms with Crippen molar-refractivity contribution in [3.8, 4) is 11.4 Å². The van der Waals surface area contributed by atoms with Gasteiger partial charge in [0.15, 0.2) is 11.0 Å². The minimum absolute atomic E-state index is 0.467. The smallest absolute Gasteiger partial charge is 0.237 e. The summed E-state index contributed by atoms with van der Waals surface area (Å²) in [5.74, 6) is -0.908. The minimum atomic E-state index is -0.833. The number of benzene rings is 2. The van der Waals surface area contributed by atoms with Gasteiger partial charge in [0, 0.05) is 0 Å². The maximum Gasteiger partial charge on any atom is 0.237 e. The molecule has 32 heavy (non-hydrogen) atoms. The number of anilines is 1. The van der Waals surface area contributed by atoms with Crippen molar-refractivity contribution >= 4 is 23.4 Å². The first-order valence-corrected chi connectivity index (χ1v) is 10.7. The zero-order chi connectivity index (χ0) is 22.7. The lowest BCUT2D eigenvalue weighted by atomic mass is 10.2. The number of halogens is 2. The van der Waals surface area contributed by atoms with Crippen LogP contribution in [0.5, 0.6) is 0 Å². The molecule has 0 aliphatic carbocycles. The summed E-state index contributed by atoms with van der Waals surface area (Å²) in [5, 5.41) is 10.7. The lowest BCUT2D eigenvalue weighted by molar-refractivity contribution is -0.115. The molecule has 0 aliphatic heterocycles. The average Bonchev–Trinajstić information content (AvgIpc) is 3.37. The largest absolute Gasteiger partial charge is 0.469 e. The van der Waals surface area contributed by atoms with E-state index in [1.807, 2.05) is 47.9 Å². The van der Waals surface area contributed by atoms with Crippen LogP contribution in [0.2, 0.25) is 0 Å². The fourth-order valence-corrected chi connectivity index (χ4v) is 4.00. The van der Waals surface area contributed by atoms with Crippen molar-refractivity contribution in [2.45, 2.75) is 30.8 Å². The molecule has 9 heteroatoms. The lowest BCUT2D eigenvalue weighted by Gasteiger charge is -2.14. The van der Waals surface area contributed by atoms with E-state index in [9.17, 15) is 13.6 Å². The first-order valence-electron chi connectivity index (χ1n) is 9.87. The number of aromatic nitrogens is 3. The fourth-order valence-electron chi connectivity index (χ4n) is 3.15. The summed E-state index contributed by atoms with van der Waals surface area (Å²) in [6.07, 6.45) is 1.58. The Hall–Kier alpha value is -3.46. The summed E-state index contributed by atoms with van der Waals surface area (Å²) >= 11 is 1.15. The van der Waals surface area contributed by atoms with E-state index in [0.29, 0.717) is 23.3 Å². The third-order valence-corrected chi connectivity index (χ3v) is 5.94. The van der Waals surface area contributed by atoms with Gasteiger partial charge in [-0.25, -0.2) is 8.78 Å². The van der Waals surface area contributed by atoms with Crippen LogP contribution in [0, 0.1) is 18.6 Å². The number of carbonyl (C=O) groups is 1. The van der Waals surface area contributed by atoms with Gasteiger partial charge in [-0.3, -0.25) is 9.36 Å². The zero-order valence-electron chi connectivity index (χ0n) is 17.4. The first kappa shape index (κ1) is 21.8. The summed E-state index contributed by atoms with van der Waals surface area (Å²) in [6.45, 7) is 3.96. The molecule has 1 atom stereocenters. The number of aryl methyl sites for hydroxylation is 1. The Morgan fingerprint density at radius 1 is 1.09 bits per heavy atom. The van der Waals surface area contributed by atoms with E-state index in [2.05, 4.69) is 15.5 Å². The van der Waals surface area contributed by atoms with Crippen LogP contribution in [0.4, 0.5) is 14.5 Å². The number of furan rings is 1. The topological polar surface area (TPSA) is 72.9 Å². The van der Waals surface area contributed by atoms with Crippen LogP contribution < -0.4 is 5.32 Å². The van der Waals surface area contributed by atoms with E-state index in [0.717, 1.165) is 35.0 Å². The molecule has 1 unspecified atom stereocenters. The highest BCUT2D eigenvalue weighted by Crippen LogP contribution is 2.30. The minimum Gasteiger partial charge on any atom is -0.469 e. The maximum absolute atomic E-state index is 13.9. The van der Waals surface area contributed by atoms with Crippen molar-refractivity contribution in [3.05, 3.63) is 83.8 Å². The van der Waals surface area contributed by atoms with Gasteiger partial charge in [0.2, 0.25) is 5.91 Å². The van der Waals surface area contributed by atoms with Gasteiger partial charge in [-0.1, -0.05) is 48.2 Å². The van der Waals surface area contributed by atoms with E-state index in [1.54, 1.807) is 13.2 Å². The molecular formula is C23H20F2N4O2S. The highest BCUT2D eigenvalue weighted by molar-refractivity contribution is 8.00. The van der Waals surface area contributed by atoms with Crippen LogP contribution in [-0.2, 0) is 11.3 Å². The fraction of sp³-hybridized carbons (Fsp3) is 0.174. The SMILES string of the molecule is Cc1occc1-c1nnc(SC(C)C(=O)Nc2c(F)cccc2F)n1Cc1ccccc1. The zero-order valence-corrected chi connectivity index (χ0v) is 18.2. The van der Waals surface area contributed by atoms with Crippen LogP contribution >= 0.6 is 11.8 Å². The average molecular weight is 455 g/mol. The monoisotopic (exact) mass is 454 g/mol. The Balaban J connectivity index is 1.61. The molecule has 0 bridgehead atoms. The predicted octanol–water partition coefficient (Wildman–Crippen LogP) is 5.29. The molecule has 164 valence electrons. The lowest BCUT2D eigenvalue weighted by Crippen LogP contribution is -2.24. The normalized spacial score (nSPS) is 12.0. The second-order valence-corrected chi connectivity index (χ2v) is 8.42. The van der Waals surface area contributed by atoms with Crippen LogP contribution in [0.25, 0.3) is 11.4 Å². The van der Waals surface area contributed by atoms with E-state index in [-0.39, 0.29) is 0 Å². The summed E-state index contributed by atoms with van der Waals surface area (Å²) < 4.78 is 35.1. The molecule has 2 heterocycles. The number of hydrogen-bond acceptors (Lipinski definition) is 5. The van der Waals surface area contributed by atoms with Crippen LogP contribution in [0.1, 0.15) is 18.2 Å². The van der Waals surface area contributed by atoms with E-state index >= 15 is 0 Å². The molecule has 0 saturated heterocycles. The van der Waals surface area contributed by atoms with Gasteiger partial charge >= 0.3 is 0 Å². The molecule has 4 aromatic rings. The number of thioether (sulfide) groups is 1. The Bertz CT molecular complexity index is 1220. The highest BCUT2D eigenvalue weighted by atomic mass is 32.2. The molecule has 4 rings (SSSR count). The molecule has 0 saturated carbocycles. The quantitative estimate of drug-likeness (QED) is 0.384. The van der Waals surface area contributed by atoms with Crippen molar-refractivity contribution < 1.29 is 18.0 Å². The number of nitrogens with zero attached hydrogens (tertiary/aromatic N) is 3. The standard InChI is InChI=1S/C23H20F2N4O2S/c1-14-17(11-12-31-14)21-27-28-23(29(21)13-16-7-4-3-5-8-16)32-15(2)22(30)26-20-18(24)9-6-10-19(20)25/h3-12,15H,13H2,1-2H3,(H,26,30). The van der Waals surface area contributed by atoms with Crippen molar-refractivity contribution in [2.24, 2.45) is 0 Å². The van der Waals surface area contributed by atoms with Gasteiger partial charge in [-0.05, 0) is 37.6 Å². The molecule has 0 radical (unpaired) electrons. The maximum atomic E-state index is 13.9. The van der Waals surface area contributed by atoms with E-state index in [4.69, 9.17) is 4.42 Å². The van der Waals surface area contributed by atoms with Gasteiger partial charge in [-0.2, -0.15) is 0 Å². The second-order valence-electron chi connectivity index (χ2n) is 7.11. The second kappa shape index (κ2) is 9.35. The number of nitrogens with one attached hydrogen (secondary N) is 1. The van der Waals surface area contributed by atoms with Crippen LogP contribution in [-0.4, -0.2) is 25.9 Å². The molecule has 2 aromatic heterocycles. The van der Waals surface area contributed by atoms with E-state index < -0.39 is 28.5 Å². The molecule has 0 aliphatic rings. The molecular weight excluding hydrogens is 434 g/mol. The first-order chi connectivity index (χ1) is 15.4. The van der Waals surface area contributed by atoms with Gasteiger partial charge in [0.05, 0.1) is 23.6 Å². The van der Waals surface area contributed by atoms with Crippen LogP contribution in [0.3, 0.4) is 0 Å². The summed E-state index contributed by atoms with van der Waals surface area (Å²) in [6, 6.07) is 15.0. The van der Waals surface area contributed by atoms with Crippen LogP contribution in [0.15, 0.2) is 70.4 Å².